The van der Waals surface area contributed by atoms with Crippen LogP contribution in [0.5, 0.6) is 11.5 Å². The third-order valence-electron chi connectivity index (χ3n) is 3.99. The molecule has 0 saturated carbocycles. The van der Waals surface area contributed by atoms with E-state index >= 15 is 0 Å². The number of halogens is 1. The second-order valence-corrected chi connectivity index (χ2v) is 6.24. The highest BCUT2D eigenvalue weighted by molar-refractivity contribution is 6.32. The SMILES string of the molecule is COC(=O)c1ccc(CN(C)C(=O)c2cc(Cl)c3c(c2)OCCO3)cc1. The first-order chi connectivity index (χ1) is 12.5. The first kappa shape index (κ1) is 18.1. The molecular formula is C19H18ClNO5. The number of methoxy groups -OCH3 is 1. The third-order valence-corrected chi connectivity index (χ3v) is 4.27. The van der Waals surface area contributed by atoms with E-state index in [4.69, 9.17) is 21.1 Å². The summed E-state index contributed by atoms with van der Waals surface area (Å²) in [5.41, 5.74) is 1.77. The molecule has 1 amide bonds. The van der Waals surface area contributed by atoms with Crippen LogP contribution in [0.3, 0.4) is 0 Å². The Morgan fingerprint density at radius 3 is 2.50 bits per heavy atom. The predicted molar refractivity (Wildman–Crippen MR) is 96.0 cm³/mol. The van der Waals surface area contributed by atoms with Crippen LogP contribution in [0.25, 0.3) is 0 Å². The van der Waals surface area contributed by atoms with Gasteiger partial charge in [0.1, 0.15) is 13.2 Å². The molecule has 0 spiro atoms. The van der Waals surface area contributed by atoms with Gasteiger partial charge in [0.15, 0.2) is 11.5 Å². The highest BCUT2D eigenvalue weighted by atomic mass is 35.5. The van der Waals surface area contributed by atoms with Gasteiger partial charge in [-0.2, -0.15) is 0 Å². The van der Waals surface area contributed by atoms with Gasteiger partial charge in [-0.1, -0.05) is 23.7 Å². The molecule has 26 heavy (non-hydrogen) atoms. The minimum absolute atomic E-state index is 0.194. The van der Waals surface area contributed by atoms with E-state index < -0.39 is 5.97 Å². The van der Waals surface area contributed by atoms with Gasteiger partial charge in [0, 0.05) is 19.2 Å². The maximum Gasteiger partial charge on any atom is 0.337 e. The lowest BCUT2D eigenvalue weighted by molar-refractivity contribution is 0.0600. The molecule has 1 heterocycles. The number of esters is 1. The minimum Gasteiger partial charge on any atom is -0.486 e. The van der Waals surface area contributed by atoms with Crippen molar-refractivity contribution in [1.82, 2.24) is 4.90 Å². The van der Waals surface area contributed by atoms with Crippen LogP contribution in [0.4, 0.5) is 0 Å². The summed E-state index contributed by atoms with van der Waals surface area (Å²) in [4.78, 5) is 25.7. The second kappa shape index (κ2) is 7.66. The number of fused-ring (bicyclic) bond motifs is 1. The van der Waals surface area contributed by atoms with Crippen LogP contribution in [0, 0.1) is 0 Å². The Balaban J connectivity index is 1.74. The van der Waals surface area contributed by atoms with Crippen LogP contribution < -0.4 is 9.47 Å². The van der Waals surface area contributed by atoms with Crippen molar-refractivity contribution in [3.8, 4) is 11.5 Å². The molecule has 0 unspecified atom stereocenters. The molecule has 6 nitrogen and oxygen atoms in total. The van der Waals surface area contributed by atoms with Crippen molar-refractivity contribution >= 4 is 23.5 Å². The van der Waals surface area contributed by atoms with E-state index in [0.717, 1.165) is 5.56 Å². The molecule has 2 aromatic rings. The summed E-state index contributed by atoms with van der Waals surface area (Å²) in [5, 5.41) is 0.349. The van der Waals surface area contributed by atoms with Crippen LogP contribution in [0.15, 0.2) is 36.4 Å². The average molecular weight is 376 g/mol. The Hall–Kier alpha value is -2.73. The standard InChI is InChI=1S/C19H18ClNO5/c1-21(11-12-3-5-13(6-4-12)19(23)24-2)18(22)14-9-15(20)17-16(10-14)25-7-8-26-17/h3-6,9-10H,7-8,11H2,1-2H3. The van der Waals surface area contributed by atoms with Gasteiger partial charge in [0.25, 0.3) is 5.91 Å². The summed E-state index contributed by atoms with van der Waals surface area (Å²) in [6.45, 7) is 1.23. The van der Waals surface area contributed by atoms with Gasteiger partial charge in [-0.25, -0.2) is 4.79 Å². The zero-order valence-corrected chi connectivity index (χ0v) is 15.2. The first-order valence-electron chi connectivity index (χ1n) is 8.01. The zero-order valence-electron chi connectivity index (χ0n) is 14.5. The number of carbonyl (C=O) groups is 2. The van der Waals surface area contributed by atoms with E-state index in [9.17, 15) is 9.59 Å². The average Bonchev–Trinajstić information content (AvgIpc) is 2.67. The van der Waals surface area contributed by atoms with Crippen molar-refractivity contribution in [3.05, 3.63) is 58.1 Å². The molecule has 1 aliphatic heterocycles. The van der Waals surface area contributed by atoms with Crippen LogP contribution in [-0.4, -0.2) is 44.1 Å². The van der Waals surface area contributed by atoms with E-state index in [1.165, 1.54) is 7.11 Å². The highest BCUT2D eigenvalue weighted by Gasteiger charge is 2.21. The van der Waals surface area contributed by atoms with Crippen molar-refractivity contribution in [3.63, 3.8) is 0 Å². The molecule has 0 aromatic heterocycles. The lowest BCUT2D eigenvalue weighted by Gasteiger charge is -2.22. The maximum absolute atomic E-state index is 12.7. The van der Waals surface area contributed by atoms with Crippen molar-refractivity contribution in [2.75, 3.05) is 27.4 Å². The van der Waals surface area contributed by atoms with Crippen LogP contribution in [0.2, 0.25) is 5.02 Å². The summed E-state index contributed by atoms with van der Waals surface area (Å²) >= 11 is 6.20. The molecule has 2 aromatic carbocycles. The van der Waals surface area contributed by atoms with Crippen molar-refractivity contribution in [2.45, 2.75) is 6.54 Å². The van der Waals surface area contributed by atoms with E-state index in [-0.39, 0.29) is 5.91 Å². The first-order valence-corrected chi connectivity index (χ1v) is 8.39. The molecular weight excluding hydrogens is 358 g/mol. The van der Waals surface area contributed by atoms with Crippen molar-refractivity contribution in [2.24, 2.45) is 0 Å². The van der Waals surface area contributed by atoms with Gasteiger partial charge in [0.05, 0.1) is 17.7 Å². The van der Waals surface area contributed by atoms with Crippen molar-refractivity contribution in [1.29, 1.82) is 0 Å². The number of benzene rings is 2. The minimum atomic E-state index is -0.396. The second-order valence-electron chi connectivity index (χ2n) is 5.83. The quantitative estimate of drug-likeness (QED) is 0.768. The van der Waals surface area contributed by atoms with E-state index in [1.54, 1.807) is 48.3 Å². The van der Waals surface area contributed by atoms with Gasteiger partial charge in [-0.3, -0.25) is 4.79 Å². The lowest BCUT2D eigenvalue weighted by atomic mass is 10.1. The molecule has 0 bridgehead atoms. The lowest BCUT2D eigenvalue weighted by Crippen LogP contribution is -2.26. The van der Waals surface area contributed by atoms with Gasteiger partial charge >= 0.3 is 5.97 Å². The highest BCUT2D eigenvalue weighted by Crippen LogP contribution is 2.38. The van der Waals surface area contributed by atoms with E-state index in [2.05, 4.69) is 4.74 Å². The molecule has 0 radical (unpaired) electrons. The van der Waals surface area contributed by atoms with Crippen molar-refractivity contribution < 1.29 is 23.8 Å². The summed E-state index contributed by atoms with van der Waals surface area (Å²) in [6, 6.07) is 10.1. The third kappa shape index (κ3) is 3.75. The molecule has 0 fully saturated rings. The van der Waals surface area contributed by atoms with Gasteiger partial charge in [-0.05, 0) is 29.8 Å². The van der Waals surface area contributed by atoms with Crippen LogP contribution in [-0.2, 0) is 11.3 Å². The number of nitrogens with zero attached hydrogens (tertiary/aromatic N) is 1. The van der Waals surface area contributed by atoms with E-state index in [0.29, 0.717) is 47.4 Å². The Morgan fingerprint density at radius 1 is 1.12 bits per heavy atom. The summed E-state index contributed by atoms with van der Waals surface area (Å²) in [7, 11) is 3.03. The van der Waals surface area contributed by atoms with Crippen LogP contribution >= 0.6 is 11.6 Å². The normalized spacial score (nSPS) is 12.4. The fourth-order valence-electron chi connectivity index (χ4n) is 2.66. The summed E-state index contributed by atoms with van der Waals surface area (Å²) < 4.78 is 15.7. The molecule has 0 N–H and O–H groups in total. The molecule has 3 rings (SSSR count). The zero-order chi connectivity index (χ0) is 18.7. The number of carbonyl (C=O) groups excluding carboxylic acids is 2. The molecule has 7 heteroatoms. The van der Waals surface area contributed by atoms with Gasteiger partial charge in [-0.15, -0.1) is 0 Å². The summed E-state index contributed by atoms with van der Waals surface area (Å²) in [6.07, 6.45) is 0. The number of rotatable bonds is 4. The Kier molecular flexibility index (Phi) is 5.32. The Bertz CT molecular complexity index is 835. The maximum atomic E-state index is 12.7. The van der Waals surface area contributed by atoms with Gasteiger partial charge < -0.3 is 19.1 Å². The molecule has 0 atom stereocenters. The Labute approximate surface area is 156 Å². The topological polar surface area (TPSA) is 65.1 Å². The van der Waals surface area contributed by atoms with E-state index in [1.807, 2.05) is 0 Å². The molecule has 1 aliphatic rings. The number of amides is 1. The largest absolute Gasteiger partial charge is 0.486 e. The number of hydrogen-bond donors (Lipinski definition) is 0. The smallest absolute Gasteiger partial charge is 0.337 e. The monoisotopic (exact) mass is 375 g/mol. The molecule has 0 saturated heterocycles. The summed E-state index contributed by atoms with van der Waals surface area (Å²) in [5.74, 6) is 0.353. The van der Waals surface area contributed by atoms with Gasteiger partial charge in [0.2, 0.25) is 0 Å². The number of hydrogen-bond acceptors (Lipinski definition) is 5. The number of ether oxygens (including phenoxy) is 3. The fourth-order valence-corrected chi connectivity index (χ4v) is 2.93. The molecule has 0 aliphatic carbocycles. The predicted octanol–water partition coefficient (Wildman–Crippen LogP) is 3.17. The van der Waals surface area contributed by atoms with Crippen LogP contribution in [0.1, 0.15) is 26.3 Å². The molecule has 136 valence electrons. The fraction of sp³-hybridized carbons (Fsp3) is 0.263. The Morgan fingerprint density at radius 2 is 1.81 bits per heavy atom.